The molecule has 0 aliphatic rings. The van der Waals surface area contributed by atoms with Crippen LogP contribution < -0.4 is 5.32 Å². The van der Waals surface area contributed by atoms with Crippen LogP contribution in [0.2, 0.25) is 0 Å². The number of hydrogen-bond acceptors (Lipinski definition) is 5. The Morgan fingerprint density at radius 2 is 2.24 bits per heavy atom. The molecule has 1 heterocycles. The van der Waals surface area contributed by atoms with E-state index in [2.05, 4.69) is 12.2 Å². The largest absolute Gasteiger partial charge is 0.351 e. The van der Waals surface area contributed by atoms with E-state index in [1.54, 1.807) is 0 Å². The van der Waals surface area contributed by atoms with Gasteiger partial charge in [-0.1, -0.05) is 37.5 Å². The molecule has 0 aliphatic heterocycles. The zero-order chi connectivity index (χ0) is 15.7. The number of amides is 1. The van der Waals surface area contributed by atoms with E-state index in [0.29, 0.717) is 11.4 Å². The van der Waals surface area contributed by atoms with E-state index in [0.717, 1.165) is 37.0 Å². The molecule has 0 aromatic carbocycles. The molecular weight excluding hydrogens is 290 g/mol. The van der Waals surface area contributed by atoms with Crippen LogP contribution in [0.1, 0.15) is 37.5 Å². The maximum atomic E-state index is 11.8. The standard InChI is InChI=1S/C14H17N3O3S/c1-2-3-4-5-8-16-14(18)11(10-15)9-12-6-7-13(21-12)17(19)20/h6-7,9H,2-5,8H2,1H3,(H,16,18)/b11-9+. The van der Waals surface area contributed by atoms with Gasteiger partial charge in [0.2, 0.25) is 0 Å². The van der Waals surface area contributed by atoms with Gasteiger partial charge in [0.15, 0.2) is 0 Å². The fourth-order valence-corrected chi connectivity index (χ4v) is 2.42. The van der Waals surface area contributed by atoms with Gasteiger partial charge < -0.3 is 5.32 Å². The minimum atomic E-state index is -0.498. The van der Waals surface area contributed by atoms with Gasteiger partial charge >= 0.3 is 5.00 Å². The topological polar surface area (TPSA) is 96.0 Å². The van der Waals surface area contributed by atoms with Crippen LogP contribution in [0.5, 0.6) is 0 Å². The summed E-state index contributed by atoms with van der Waals surface area (Å²) in [5, 5.41) is 22.3. The van der Waals surface area contributed by atoms with Gasteiger partial charge in [-0.05, 0) is 18.6 Å². The number of nitrogens with one attached hydrogen (secondary N) is 1. The zero-order valence-electron chi connectivity index (χ0n) is 11.8. The van der Waals surface area contributed by atoms with Crippen LogP contribution in [0.4, 0.5) is 5.00 Å². The predicted octanol–water partition coefficient (Wildman–Crippen LogP) is 3.26. The summed E-state index contributed by atoms with van der Waals surface area (Å²) in [6.07, 6.45) is 5.53. The van der Waals surface area contributed by atoms with E-state index < -0.39 is 10.8 Å². The number of carbonyl (C=O) groups excluding carboxylic acids is 1. The van der Waals surface area contributed by atoms with Crippen molar-refractivity contribution in [1.29, 1.82) is 5.26 Å². The third kappa shape index (κ3) is 5.75. The minimum absolute atomic E-state index is 0.0153. The maximum absolute atomic E-state index is 11.8. The summed E-state index contributed by atoms with van der Waals surface area (Å²) in [6.45, 7) is 2.64. The highest BCUT2D eigenvalue weighted by molar-refractivity contribution is 7.16. The van der Waals surface area contributed by atoms with E-state index in [1.165, 1.54) is 18.2 Å². The Morgan fingerprint density at radius 3 is 2.81 bits per heavy atom. The van der Waals surface area contributed by atoms with Crippen molar-refractivity contribution in [1.82, 2.24) is 5.32 Å². The third-order valence-corrected chi connectivity index (χ3v) is 3.74. The maximum Gasteiger partial charge on any atom is 0.324 e. The van der Waals surface area contributed by atoms with Crippen molar-refractivity contribution in [3.63, 3.8) is 0 Å². The first-order valence-corrected chi connectivity index (χ1v) is 7.54. The van der Waals surface area contributed by atoms with Crippen molar-refractivity contribution >= 4 is 28.3 Å². The van der Waals surface area contributed by atoms with E-state index in [-0.39, 0.29) is 10.6 Å². The van der Waals surface area contributed by atoms with Crippen molar-refractivity contribution in [3.05, 3.63) is 32.7 Å². The molecule has 112 valence electrons. The highest BCUT2D eigenvalue weighted by Gasteiger charge is 2.12. The van der Waals surface area contributed by atoms with E-state index in [9.17, 15) is 14.9 Å². The van der Waals surface area contributed by atoms with Crippen molar-refractivity contribution < 1.29 is 9.72 Å². The number of thiophene rings is 1. The van der Waals surface area contributed by atoms with Gasteiger partial charge in [-0.3, -0.25) is 14.9 Å². The Labute approximate surface area is 127 Å². The summed E-state index contributed by atoms with van der Waals surface area (Å²) in [5.41, 5.74) is -0.0396. The average Bonchev–Trinajstić information content (AvgIpc) is 2.93. The van der Waals surface area contributed by atoms with Gasteiger partial charge in [0.25, 0.3) is 5.91 Å². The summed E-state index contributed by atoms with van der Waals surface area (Å²) in [7, 11) is 0. The van der Waals surface area contributed by atoms with Crippen LogP contribution in [0, 0.1) is 21.4 Å². The van der Waals surface area contributed by atoms with Crippen LogP contribution >= 0.6 is 11.3 Å². The minimum Gasteiger partial charge on any atom is -0.351 e. The molecule has 0 saturated carbocycles. The Morgan fingerprint density at radius 1 is 1.48 bits per heavy atom. The summed E-state index contributed by atoms with van der Waals surface area (Å²) in [5.74, 6) is -0.440. The van der Waals surface area contributed by atoms with Crippen molar-refractivity contribution in [2.75, 3.05) is 6.54 Å². The number of rotatable bonds is 8. The fourth-order valence-electron chi connectivity index (χ4n) is 1.66. The van der Waals surface area contributed by atoms with Crippen LogP contribution in [0.3, 0.4) is 0 Å². The monoisotopic (exact) mass is 307 g/mol. The lowest BCUT2D eigenvalue weighted by atomic mass is 10.2. The van der Waals surface area contributed by atoms with Crippen LogP contribution in [0.25, 0.3) is 6.08 Å². The van der Waals surface area contributed by atoms with Crippen molar-refractivity contribution in [2.24, 2.45) is 0 Å². The molecule has 0 atom stereocenters. The van der Waals surface area contributed by atoms with Crippen LogP contribution in [0.15, 0.2) is 17.7 Å². The summed E-state index contributed by atoms with van der Waals surface area (Å²) in [4.78, 5) is 22.4. The second-order valence-corrected chi connectivity index (χ2v) is 5.51. The van der Waals surface area contributed by atoms with Gasteiger partial charge in [-0.2, -0.15) is 5.26 Å². The van der Waals surface area contributed by atoms with Gasteiger partial charge in [0, 0.05) is 17.5 Å². The molecule has 1 aromatic heterocycles. The molecule has 7 heteroatoms. The molecule has 1 N–H and O–H groups in total. The molecule has 0 aliphatic carbocycles. The highest BCUT2D eigenvalue weighted by atomic mass is 32.1. The smallest absolute Gasteiger partial charge is 0.324 e. The highest BCUT2D eigenvalue weighted by Crippen LogP contribution is 2.25. The lowest BCUT2D eigenvalue weighted by molar-refractivity contribution is -0.380. The molecular formula is C14H17N3O3S. The normalized spacial score (nSPS) is 11.0. The number of unbranched alkanes of at least 4 members (excludes halogenated alkanes) is 3. The molecule has 0 saturated heterocycles. The number of carbonyl (C=O) groups is 1. The van der Waals surface area contributed by atoms with Gasteiger partial charge in [0.1, 0.15) is 11.6 Å². The molecule has 0 unspecified atom stereocenters. The molecule has 21 heavy (non-hydrogen) atoms. The molecule has 1 rings (SSSR count). The Bertz CT molecular complexity index is 572. The average molecular weight is 307 g/mol. The number of hydrogen-bond donors (Lipinski definition) is 1. The second-order valence-electron chi connectivity index (χ2n) is 4.42. The molecule has 6 nitrogen and oxygen atoms in total. The van der Waals surface area contributed by atoms with Crippen LogP contribution in [-0.2, 0) is 4.79 Å². The molecule has 0 fully saturated rings. The van der Waals surface area contributed by atoms with E-state index in [1.807, 2.05) is 6.07 Å². The fraction of sp³-hybridized carbons (Fsp3) is 0.429. The Kier molecular flexibility index (Phi) is 7.12. The molecule has 1 amide bonds. The third-order valence-electron chi connectivity index (χ3n) is 2.76. The van der Waals surface area contributed by atoms with Gasteiger partial charge in [0.05, 0.1) is 4.92 Å². The summed E-state index contributed by atoms with van der Waals surface area (Å²) in [6, 6.07) is 4.70. The Balaban J connectivity index is 2.60. The van der Waals surface area contributed by atoms with Crippen LogP contribution in [-0.4, -0.2) is 17.4 Å². The van der Waals surface area contributed by atoms with E-state index >= 15 is 0 Å². The number of nitrogens with zero attached hydrogens (tertiary/aromatic N) is 2. The lowest BCUT2D eigenvalue weighted by Gasteiger charge is -2.03. The summed E-state index contributed by atoms with van der Waals surface area (Å²) >= 11 is 0.930. The molecule has 0 radical (unpaired) electrons. The Hall–Kier alpha value is -2.20. The van der Waals surface area contributed by atoms with Crippen molar-refractivity contribution in [3.8, 4) is 6.07 Å². The van der Waals surface area contributed by atoms with E-state index in [4.69, 9.17) is 5.26 Å². The number of nitro groups is 1. The predicted molar refractivity (Wildman–Crippen MR) is 81.7 cm³/mol. The van der Waals surface area contributed by atoms with Crippen molar-refractivity contribution in [2.45, 2.75) is 32.6 Å². The molecule has 0 bridgehead atoms. The first kappa shape index (κ1) is 16.9. The zero-order valence-corrected chi connectivity index (χ0v) is 12.6. The lowest BCUT2D eigenvalue weighted by Crippen LogP contribution is -2.25. The number of nitriles is 1. The second kappa shape index (κ2) is 8.87. The molecule has 0 spiro atoms. The molecule has 1 aromatic rings. The SMILES string of the molecule is CCCCCCNC(=O)/C(C#N)=C/c1ccc([N+](=O)[O-])s1. The quantitative estimate of drug-likeness (QED) is 0.262. The van der Waals surface area contributed by atoms with Gasteiger partial charge in [-0.25, -0.2) is 0 Å². The summed E-state index contributed by atoms with van der Waals surface area (Å²) < 4.78 is 0. The first-order valence-electron chi connectivity index (χ1n) is 6.72. The first-order chi connectivity index (χ1) is 10.1. The van der Waals surface area contributed by atoms with Gasteiger partial charge in [-0.15, -0.1) is 0 Å².